The van der Waals surface area contributed by atoms with Crippen LogP contribution in [0.25, 0.3) is 11.0 Å². The topological polar surface area (TPSA) is 53.2 Å². The molecule has 0 aliphatic heterocycles. The zero-order chi connectivity index (χ0) is 16.0. The summed E-state index contributed by atoms with van der Waals surface area (Å²) in [6.07, 6.45) is -0.647. The summed E-state index contributed by atoms with van der Waals surface area (Å²) < 4.78 is 8.07. The van der Waals surface area contributed by atoms with Crippen molar-refractivity contribution in [3.05, 3.63) is 34.7 Å². The van der Waals surface area contributed by atoms with Crippen LogP contribution in [0.3, 0.4) is 0 Å². The Morgan fingerprint density at radius 3 is 2.00 bits per heavy atom. The van der Waals surface area contributed by atoms with Crippen LogP contribution in [-0.4, -0.2) is 20.8 Å². The predicted molar refractivity (Wildman–Crippen MR) is 82.8 cm³/mol. The molecule has 2 aromatic rings. The zero-order valence-corrected chi connectivity index (χ0v) is 13.4. The van der Waals surface area contributed by atoms with E-state index in [0.29, 0.717) is 5.52 Å². The fraction of sp³-hybridized carbons (Fsp3) is 0.500. The van der Waals surface area contributed by atoms with Gasteiger partial charge in [0.05, 0.1) is 11.0 Å². The lowest BCUT2D eigenvalue weighted by molar-refractivity contribution is 0.0536. The molecule has 21 heavy (non-hydrogen) atoms. The van der Waals surface area contributed by atoms with Crippen molar-refractivity contribution in [1.82, 2.24) is 9.13 Å². The summed E-state index contributed by atoms with van der Waals surface area (Å²) >= 11 is 0. The maximum Gasteiger partial charge on any atom is 0.423 e. The van der Waals surface area contributed by atoms with E-state index in [4.69, 9.17) is 4.74 Å². The molecule has 5 nitrogen and oxygen atoms in total. The number of rotatable bonds is 0. The zero-order valence-electron chi connectivity index (χ0n) is 13.4. The summed E-state index contributed by atoms with van der Waals surface area (Å²) in [4.78, 5) is 25.1. The Bertz CT molecular complexity index is 739. The summed E-state index contributed by atoms with van der Waals surface area (Å²) in [5.41, 5.74) is -0.170. The highest BCUT2D eigenvalue weighted by molar-refractivity contribution is 5.87. The minimum atomic E-state index is -0.651. The Balaban J connectivity index is 2.74. The van der Waals surface area contributed by atoms with E-state index in [-0.39, 0.29) is 5.69 Å². The molecule has 0 aliphatic carbocycles. The number of carbonyl (C=O) groups excluding carboxylic acids is 1. The maximum absolute atomic E-state index is 12.7. The summed E-state index contributed by atoms with van der Waals surface area (Å²) in [6, 6.07) is 7.24. The molecule has 114 valence electrons. The molecule has 0 unspecified atom stereocenters. The van der Waals surface area contributed by atoms with Crippen LogP contribution in [0.4, 0.5) is 4.79 Å². The van der Waals surface area contributed by atoms with Gasteiger partial charge in [0.1, 0.15) is 5.60 Å². The fourth-order valence-electron chi connectivity index (χ4n) is 2.28. The number of para-hydroxylation sites is 2. The Kier molecular flexibility index (Phi) is 3.48. The van der Waals surface area contributed by atoms with E-state index >= 15 is 0 Å². The highest BCUT2D eigenvalue weighted by Gasteiger charge is 2.27. The standard InChI is InChI=1S/C16H22N2O3/c1-15(2,3)18-12-10-8-7-9-11(12)17(13(18)19)14(20)21-16(4,5)6/h7-10H,1-6H3. The predicted octanol–water partition coefficient (Wildman–Crippen LogP) is 3.34. The van der Waals surface area contributed by atoms with Gasteiger partial charge in [0.2, 0.25) is 0 Å². The highest BCUT2D eigenvalue weighted by Crippen LogP contribution is 2.21. The van der Waals surface area contributed by atoms with Crippen LogP contribution in [0.1, 0.15) is 41.5 Å². The minimum absolute atomic E-state index is 0.377. The number of nitrogens with zero attached hydrogens (tertiary/aromatic N) is 2. The van der Waals surface area contributed by atoms with Gasteiger partial charge >= 0.3 is 11.8 Å². The first kappa shape index (κ1) is 15.4. The Morgan fingerprint density at radius 2 is 1.52 bits per heavy atom. The van der Waals surface area contributed by atoms with E-state index in [1.807, 2.05) is 32.9 Å². The monoisotopic (exact) mass is 290 g/mol. The molecular formula is C16H22N2O3. The molecule has 0 saturated carbocycles. The number of fused-ring (bicyclic) bond motifs is 1. The molecule has 5 heteroatoms. The second-order valence-corrected chi connectivity index (χ2v) is 7.09. The maximum atomic E-state index is 12.7. The number of benzene rings is 1. The smallest absolute Gasteiger partial charge is 0.423 e. The number of imidazole rings is 1. The molecule has 1 aromatic carbocycles. The van der Waals surface area contributed by atoms with Crippen molar-refractivity contribution in [2.75, 3.05) is 0 Å². The van der Waals surface area contributed by atoms with Crippen LogP contribution in [0.5, 0.6) is 0 Å². The lowest BCUT2D eigenvalue weighted by atomic mass is 10.1. The van der Waals surface area contributed by atoms with Gasteiger partial charge in [0.25, 0.3) is 0 Å². The first-order valence-corrected chi connectivity index (χ1v) is 6.99. The van der Waals surface area contributed by atoms with Gasteiger partial charge in [0, 0.05) is 5.54 Å². The first-order valence-electron chi connectivity index (χ1n) is 6.99. The molecule has 0 amide bonds. The highest BCUT2D eigenvalue weighted by atomic mass is 16.6. The van der Waals surface area contributed by atoms with E-state index in [0.717, 1.165) is 10.1 Å². The normalized spacial score (nSPS) is 12.7. The summed E-state index contributed by atoms with van der Waals surface area (Å²) in [5.74, 6) is 0. The molecule has 1 aromatic heterocycles. The second kappa shape index (κ2) is 4.76. The third-order valence-electron chi connectivity index (χ3n) is 2.99. The van der Waals surface area contributed by atoms with Crippen LogP contribution in [-0.2, 0) is 10.3 Å². The van der Waals surface area contributed by atoms with Gasteiger partial charge < -0.3 is 4.74 Å². The number of hydrogen-bond acceptors (Lipinski definition) is 3. The molecule has 0 spiro atoms. The van der Waals surface area contributed by atoms with Gasteiger partial charge in [0.15, 0.2) is 0 Å². The van der Waals surface area contributed by atoms with Gasteiger partial charge in [-0.1, -0.05) is 12.1 Å². The molecule has 2 rings (SSSR count). The largest absolute Gasteiger partial charge is 0.443 e. The summed E-state index contributed by atoms with van der Waals surface area (Å²) in [5, 5.41) is 0. The van der Waals surface area contributed by atoms with Crippen LogP contribution >= 0.6 is 0 Å². The molecule has 0 aliphatic rings. The van der Waals surface area contributed by atoms with Crippen molar-refractivity contribution in [1.29, 1.82) is 0 Å². The van der Waals surface area contributed by atoms with Gasteiger partial charge in [-0.05, 0) is 53.7 Å². The first-order chi connectivity index (χ1) is 9.52. The summed E-state index contributed by atoms with van der Waals surface area (Å²) in [7, 11) is 0. The van der Waals surface area contributed by atoms with E-state index in [1.54, 1.807) is 37.5 Å². The van der Waals surface area contributed by atoms with Gasteiger partial charge in [-0.3, -0.25) is 4.57 Å². The van der Waals surface area contributed by atoms with Crippen LogP contribution in [0.15, 0.2) is 29.1 Å². The molecule has 1 heterocycles. The molecule has 0 fully saturated rings. The third kappa shape index (κ3) is 2.86. The van der Waals surface area contributed by atoms with Crippen molar-refractivity contribution in [3.63, 3.8) is 0 Å². The van der Waals surface area contributed by atoms with Gasteiger partial charge in [-0.2, -0.15) is 4.57 Å². The average molecular weight is 290 g/mol. The molecule has 0 bridgehead atoms. The van der Waals surface area contributed by atoms with E-state index in [1.165, 1.54) is 0 Å². The SMILES string of the molecule is CC(C)(C)OC(=O)n1c(=O)n(C(C)(C)C)c2ccccc21. The number of aromatic nitrogens is 2. The Morgan fingerprint density at radius 1 is 1.00 bits per heavy atom. The van der Waals surface area contributed by atoms with Crippen LogP contribution in [0, 0.1) is 0 Å². The van der Waals surface area contributed by atoms with Crippen molar-refractivity contribution in [2.45, 2.75) is 52.7 Å². The Hall–Kier alpha value is -2.04. The van der Waals surface area contributed by atoms with E-state index < -0.39 is 17.2 Å². The molecule has 0 atom stereocenters. The lowest BCUT2D eigenvalue weighted by Gasteiger charge is -2.21. The van der Waals surface area contributed by atoms with E-state index in [2.05, 4.69) is 0 Å². The fourth-order valence-corrected chi connectivity index (χ4v) is 2.28. The van der Waals surface area contributed by atoms with Crippen LogP contribution < -0.4 is 5.69 Å². The Labute approximate surface area is 124 Å². The van der Waals surface area contributed by atoms with E-state index in [9.17, 15) is 9.59 Å². The van der Waals surface area contributed by atoms with Crippen molar-refractivity contribution in [2.24, 2.45) is 0 Å². The summed E-state index contributed by atoms with van der Waals surface area (Å²) in [6.45, 7) is 11.1. The van der Waals surface area contributed by atoms with Crippen LogP contribution in [0.2, 0.25) is 0 Å². The number of hydrogen-bond donors (Lipinski definition) is 0. The third-order valence-corrected chi connectivity index (χ3v) is 2.99. The van der Waals surface area contributed by atoms with Crippen molar-refractivity contribution in [3.8, 4) is 0 Å². The number of carbonyl (C=O) groups is 1. The quantitative estimate of drug-likeness (QED) is 0.747. The van der Waals surface area contributed by atoms with Gasteiger partial charge in [-0.15, -0.1) is 0 Å². The molecule has 0 saturated heterocycles. The number of ether oxygens (including phenoxy) is 1. The van der Waals surface area contributed by atoms with Crippen molar-refractivity contribution < 1.29 is 9.53 Å². The molecular weight excluding hydrogens is 268 g/mol. The average Bonchev–Trinajstić information content (AvgIpc) is 2.57. The lowest BCUT2D eigenvalue weighted by Crippen LogP contribution is -2.38. The van der Waals surface area contributed by atoms with Crippen molar-refractivity contribution >= 4 is 17.1 Å². The molecule has 0 N–H and O–H groups in total. The second-order valence-electron chi connectivity index (χ2n) is 7.09. The minimum Gasteiger partial charge on any atom is -0.443 e. The molecule has 0 radical (unpaired) electrons. The van der Waals surface area contributed by atoms with Gasteiger partial charge in [-0.25, -0.2) is 9.59 Å².